The SMILES string of the molecule is NC(N)=NCCCC(N)C(=O)NC(CS)C(=O)NC(Cc1ccccc1)C(=O)NC(Cc1ccccc1)C(=O)O. The minimum atomic E-state index is -1.22. The molecule has 4 atom stereocenters. The van der Waals surface area contributed by atoms with Gasteiger partial charge in [0.2, 0.25) is 17.7 Å². The van der Waals surface area contributed by atoms with Crippen molar-refractivity contribution in [1.29, 1.82) is 0 Å². The summed E-state index contributed by atoms with van der Waals surface area (Å²) in [7, 11) is 0. The van der Waals surface area contributed by atoms with Crippen LogP contribution < -0.4 is 33.2 Å². The molecule has 12 nitrogen and oxygen atoms in total. The van der Waals surface area contributed by atoms with Gasteiger partial charge in [-0.3, -0.25) is 19.4 Å². The molecule has 0 saturated carbocycles. The van der Waals surface area contributed by atoms with Crippen molar-refractivity contribution in [3.63, 3.8) is 0 Å². The zero-order valence-corrected chi connectivity index (χ0v) is 22.9. The Kier molecular flexibility index (Phi) is 13.5. The third-order valence-corrected chi connectivity index (χ3v) is 6.30. The maximum absolute atomic E-state index is 13.3. The highest BCUT2D eigenvalue weighted by Crippen LogP contribution is 2.08. The van der Waals surface area contributed by atoms with E-state index >= 15 is 0 Å². The number of carboxylic acid groups (broad SMARTS) is 1. The van der Waals surface area contributed by atoms with E-state index in [1.54, 1.807) is 54.6 Å². The van der Waals surface area contributed by atoms with Gasteiger partial charge in [-0.1, -0.05) is 60.7 Å². The monoisotopic (exact) mass is 571 g/mol. The van der Waals surface area contributed by atoms with E-state index < -0.39 is 47.9 Å². The van der Waals surface area contributed by atoms with Gasteiger partial charge in [0.15, 0.2) is 5.96 Å². The molecule has 0 aliphatic heterocycles. The molecule has 216 valence electrons. The van der Waals surface area contributed by atoms with Gasteiger partial charge in [0, 0.05) is 25.1 Å². The number of nitrogens with zero attached hydrogens (tertiary/aromatic N) is 1. The van der Waals surface area contributed by atoms with E-state index in [1.807, 2.05) is 6.07 Å². The fourth-order valence-corrected chi connectivity index (χ4v) is 4.03. The molecule has 10 N–H and O–H groups in total. The van der Waals surface area contributed by atoms with E-state index in [9.17, 15) is 24.3 Å². The quantitative estimate of drug-likeness (QED) is 0.0558. The molecular weight excluding hydrogens is 534 g/mol. The Bertz CT molecular complexity index is 1150. The van der Waals surface area contributed by atoms with Crippen LogP contribution in [-0.2, 0) is 32.0 Å². The highest BCUT2D eigenvalue weighted by molar-refractivity contribution is 7.80. The smallest absolute Gasteiger partial charge is 0.326 e. The van der Waals surface area contributed by atoms with E-state index in [2.05, 4.69) is 33.6 Å². The van der Waals surface area contributed by atoms with Gasteiger partial charge >= 0.3 is 5.97 Å². The predicted octanol–water partition coefficient (Wildman–Crippen LogP) is -0.678. The number of benzene rings is 2. The fourth-order valence-electron chi connectivity index (χ4n) is 3.78. The normalized spacial score (nSPS) is 13.7. The molecule has 2 aromatic rings. The van der Waals surface area contributed by atoms with Gasteiger partial charge in [0.1, 0.15) is 18.1 Å². The van der Waals surface area contributed by atoms with E-state index in [1.165, 1.54) is 0 Å². The topological polar surface area (TPSA) is 215 Å². The first kappa shape index (κ1) is 32.1. The van der Waals surface area contributed by atoms with Crippen LogP contribution in [0.5, 0.6) is 0 Å². The fraction of sp³-hybridized carbons (Fsp3) is 0.370. The van der Waals surface area contributed by atoms with E-state index in [0.29, 0.717) is 13.0 Å². The molecule has 0 saturated heterocycles. The average molecular weight is 572 g/mol. The van der Waals surface area contributed by atoms with Gasteiger partial charge in [0.25, 0.3) is 0 Å². The van der Waals surface area contributed by atoms with Crippen LogP contribution in [-0.4, -0.2) is 71.2 Å². The van der Waals surface area contributed by atoms with Crippen LogP contribution in [0.4, 0.5) is 0 Å². The van der Waals surface area contributed by atoms with Crippen molar-refractivity contribution in [2.24, 2.45) is 22.2 Å². The first-order valence-electron chi connectivity index (χ1n) is 12.7. The number of carbonyl (C=O) groups is 4. The Morgan fingerprint density at radius 2 is 1.25 bits per heavy atom. The molecule has 40 heavy (non-hydrogen) atoms. The van der Waals surface area contributed by atoms with Crippen molar-refractivity contribution < 1.29 is 24.3 Å². The van der Waals surface area contributed by atoms with Crippen molar-refractivity contribution in [2.75, 3.05) is 12.3 Å². The average Bonchev–Trinajstić information content (AvgIpc) is 2.93. The van der Waals surface area contributed by atoms with Crippen LogP contribution >= 0.6 is 12.6 Å². The highest BCUT2D eigenvalue weighted by Gasteiger charge is 2.30. The number of rotatable bonds is 16. The molecule has 0 aromatic heterocycles. The van der Waals surface area contributed by atoms with Crippen molar-refractivity contribution >= 4 is 42.3 Å². The number of guanidine groups is 1. The minimum absolute atomic E-state index is 0.0598. The molecular formula is C27H37N7O5S. The van der Waals surface area contributed by atoms with Crippen LogP contribution in [0.3, 0.4) is 0 Å². The molecule has 3 amide bonds. The number of carboxylic acids is 1. The molecule has 0 fully saturated rings. The Balaban J connectivity index is 2.11. The summed E-state index contributed by atoms with van der Waals surface area (Å²) < 4.78 is 0. The van der Waals surface area contributed by atoms with Gasteiger partial charge in [-0.05, 0) is 24.0 Å². The molecule has 0 radical (unpaired) electrons. The maximum atomic E-state index is 13.3. The molecule has 4 unspecified atom stereocenters. The molecule has 13 heteroatoms. The van der Waals surface area contributed by atoms with Crippen LogP contribution in [0.2, 0.25) is 0 Å². The molecule has 0 aliphatic carbocycles. The number of aliphatic imine (C=N–C) groups is 1. The van der Waals surface area contributed by atoms with Gasteiger partial charge in [-0.25, -0.2) is 4.79 Å². The van der Waals surface area contributed by atoms with Gasteiger partial charge in [-0.2, -0.15) is 12.6 Å². The summed E-state index contributed by atoms with van der Waals surface area (Å²) >= 11 is 4.18. The van der Waals surface area contributed by atoms with Crippen molar-refractivity contribution in [2.45, 2.75) is 49.9 Å². The summed E-state index contributed by atoms with van der Waals surface area (Å²) in [6.07, 6.45) is 0.885. The van der Waals surface area contributed by atoms with Gasteiger partial charge in [-0.15, -0.1) is 0 Å². The van der Waals surface area contributed by atoms with Crippen LogP contribution in [0.25, 0.3) is 0 Å². The molecule has 2 aromatic carbocycles. The lowest BCUT2D eigenvalue weighted by atomic mass is 10.0. The van der Waals surface area contributed by atoms with E-state index in [4.69, 9.17) is 17.2 Å². The summed E-state index contributed by atoms with van der Waals surface area (Å²) in [4.78, 5) is 54.7. The first-order valence-corrected chi connectivity index (χ1v) is 13.4. The Morgan fingerprint density at radius 3 is 1.75 bits per heavy atom. The number of nitrogens with one attached hydrogen (secondary N) is 3. The van der Waals surface area contributed by atoms with Gasteiger partial charge in [0.05, 0.1) is 6.04 Å². The number of nitrogens with two attached hydrogens (primary N) is 3. The summed E-state index contributed by atoms with van der Waals surface area (Å²) in [6, 6.07) is 13.5. The zero-order valence-electron chi connectivity index (χ0n) is 22.0. The van der Waals surface area contributed by atoms with Crippen molar-refractivity contribution in [3.8, 4) is 0 Å². The number of aliphatic carboxylic acids is 1. The Hall–Kier alpha value is -4.10. The zero-order chi connectivity index (χ0) is 29.5. The molecule has 0 bridgehead atoms. The number of carbonyl (C=O) groups excluding carboxylic acids is 3. The highest BCUT2D eigenvalue weighted by atomic mass is 32.1. The molecule has 0 spiro atoms. The lowest BCUT2D eigenvalue weighted by Gasteiger charge is -2.25. The number of amides is 3. The third kappa shape index (κ3) is 11.3. The summed E-state index contributed by atoms with van der Waals surface area (Å²) in [5.74, 6) is -3.26. The van der Waals surface area contributed by atoms with Gasteiger partial charge < -0.3 is 38.3 Å². The standard InChI is InChI=1S/C27H37N7O5S/c28-19(12-7-13-31-27(29)30)23(35)34-22(16-40)25(37)32-20(14-17-8-3-1-4-9-17)24(36)33-21(26(38)39)15-18-10-5-2-6-11-18/h1-6,8-11,19-22,40H,7,12-16,28H2,(H,32,37)(H,33,36)(H,34,35)(H,38,39)(H4,29,30,31). The van der Waals surface area contributed by atoms with Crippen molar-refractivity contribution in [3.05, 3.63) is 71.8 Å². The van der Waals surface area contributed by atoms with Crippen LogP contribution in [0, 0.1) is 0 Å². The van der Waals surface area contributed by atoms with Crippen molar-refractivity contribution in [1.82, 2.24) is 16.0 Å². The van der Waals surface area contributed by atoms with E-state index in [-0.39, 0.29) is 31.0 Å². The second kappa shape index (κ2) is 16.8. The molecule has 0 aliphatic rings. The lowest BCUT2D eigenvalue weighted by Crippen LogP contribution is -2.58. The summed E-state index contributed by atoms with van der Waals surface area (Å²) in [6.45, 7) is 0.303. The Labute approximate surface area is 238 Å². The maximum Gasteiger partial charge on any atom is 0.326 e. The largest absolute Gasteiger partial charge is 0.480 e. The number of thiol groups is 1. The minimum Gasteiger partial charge on any atom is -0.480 e. The molecule has 0 heterocycles. The lowest BCUT2D eigenvalue weighted by molar-refractivity contribution is -0.142. The predicted molar refractivity (Wildman–Crippen MR) is 155 cm³/mol. The van der Waals surface area contributed by atoms with Crippen LogP contribution in [0.1, 0.15) is 24.0 Å². The Morgan fingerprint density at radius 1 is 0.775 bits per heavy atom. The summed E-state index contributed by atoms with van der Waals surface area (Å²) in [5.41, 5.74) is 18.0. The van der Waals surface area contributed by atoms with E-state index in [0.717, 1.165) is 11.1 Å². The second-order valence-corrected chi connectivity index (χ2v) is 9.50. The third-order valence-electron chi connectivity index (χ3n) is 5.93. The number of hydrogen-bond donors (Lipinski definition) is 8. The number of hydrogen-bond acceptors (Lipinski definition) is 7. The molecule has 2 rings (SSSR count). The van der Waals surface area contributed by atoms with Crippen LogP contribution in [0.15, 0.2) is 65.7 Å². The second-order valence-electron chi connectivity index (χ2n) is 9.14. The summed E-state index contributed by atoms with van der Waals surface area (Å²) in [5, 5.41) is 17.5. The first-order chi connectivity index (χ1) is 19.1.